The molecule has 0 radical (unpaired) electrons. The number of aromatic nitrogens is 2. The number of halogens is 1. The average Bonchev–Trinajstić information content (AvgIpc) is 2.94. The predicted octanol–water partition coefficient (Wildman–Crippen LogP) is 2.97. The zero-order chi connectivity index (χ0) is 15.9. The molecule has 1 atom stereocenters. The van der Waals surface area contributed by atoms with E-state index in [1.807, 2.05) is 13.8 Å². The van der Waals surface area contributed by atoms with Gasteiger partial charge in [0, 0.05) is 19.3 Å². The molecule has 0 aliphatic carbocycles. The van der Waals surface area contributed by atoms with E-state index >= 15 is 0 Å². The maximum atomic E-state index is 12.9. The first-order valence-electron chi connectivity index (χ1n) is 7.44. The van der Waals surface area contributed by atoms with Crippen LogP contribution >= 0.6 is 0 Å². The van der Waals surface area contributed by atoms with E-state index in [4.69, 9.17) is 4.52 Å². The van der Waals surface area contributed by atoms with Crippen LogP contribution in [0.4, 0.5) is 4.39 Å². The lowest BCUT2D eigenvalue weighted by molar-refractivity contribution is -0.121. The van der Waals surface area contributed by atoms with Crippen molar-refractivity contribution in [2.24, 2.45) is 0 Å². The van der Waals surface area contributed by atoms with Crippen LogP contribution in [0.2, 0.25) is 0 Å². The van der Waals surface area contributed by atoms with Crippen molar-refractivity contribution < 1.29 is 13.7 Å². The lowest BCUT2D eigenvalue weighted by Crippen LogP contribution is -2.26. The molecule has 0 aliphatic rings. The number of benzene rings is 1. The second kappa shape index (κ2) is 7.68. The maximum Gasteiger partial charge on any atom is 0.227 e. The molecule has 5 nitrogen and oxygen atoms in total. The molecule has 0 bridgehead atoms. The van der Waals surface area contributed by atoms with Crippen molar-refractivity contribution in [1.29, 1.82) is 0 Å². The second-order valence-electron chi connectivity index (χ2n) is 5.20. The van der Waals surface area contributed by atoms with Crippen LogP contribution in [-0.2, 0) is 17.6 Å². The van der Waals surface area contributed by atoms with Gasteiger partial charge >= 0.3 is 0 Å². The molecule has 1 heterocycles. The molecule has 0 fully saturated rings. The molecule has 118 valence electrons. The standard InChI is InChI=1S/C16H20FN3O2/c1-3-4-14-19-16(22-20-14)10-9-15(21)18-11(2)12-5-7-13(17)8-6-12/h5-8,11H,3-4,9-10H2,1-2H3,(H,18,21)/t11-/m0/s1. The summed E-state index contributed by atoms with van der Waals surface area (Å²) in [5, 5.41) is 6.71. The molecule has 2 rings (SSSR count). The molecule has 0 saturated carbocycles. The summed E-state index contributed by atoms with van der Waals surface area (Å²) in [7, 11) is 0. The molecule has 6 heteroatoms. The number of amides is 1. The number of carbonyl (C=O) groups is 1. The van der Waals surface area contributed by atoms with Gasteiger partial charge < -0.3 is 9.84 Å². The molecule has 1 amide bonds. The van der Waals surface area contributed by atoms with Gasteiger partial charge in [0.1, 0.15) is 5.82 Å². The molecule has 22 heavy (non-hydrogen) atoms. The van der Waals surface area contributed by atoms with Gasteiger partial charge in [0.05, 0.1) is 6.04 Å². The van der Waals surface area contributed by atoms with Crippen molar-refractivity contribution in [2.75, 3.05) is 0 Å². The zero-order valence-electron chi connectivity index (χ0n) is 12.8. The van der Waals surface area contributed by atoms with Crippen LogP contribution in [0.3, 0.4) is 0 Å². The smallest absolute Gasteiger partial charge is 0.227 e. The van der Waals surface area contributed by atoms with Crippen LogP contribution in [0.15, 0.2) is 28.8 Å². The summed E-state index contributed by atoms with van der Waals surface area (Å²) < 4.78 is 18.0. The Morgan fingerprint density at radius 1 is 1.32 bits per heavy atom. The highest BCUT2D eigenvalue weighted by atomic mass is 19.1. The van der Waals surface area contributed by atoms with Crippen LogP contribution < -0.4 is 5.32 Å². The third-order valence-corrected chi connectivity index (χ3v) is 3.30. The Balaban J connectivity index is 1.80. The summed E-state index contributed by atoms with van der Waals surface area (Å²) in [5.74, 6) is 0.763. The number of hydrogen-bond donors (Lipinski definition) is 1. The van der Waals surface area contributed by atoms with E-state index in [1.165, 1.54) is 12.1 Å². The minimum absolute atomic E-state index is 0.105. The van der Waals surface area contributed by atoms with E-state index in [0.29, 0.717) is 18.1 Å². The Labute approximate surface area is 128 Å². The van der Waals surface area contributed by atoms with Gasteiger partial charge in [-0.15, -0.1) is 0 Å². The number of nitrogens with zero attached hydrogens (tertiary/aromatic N) is 2. The van der Waals surface area contributed by atoms with Crippen LogP contribution in [-0.4, -0.2) is 16.0 Å². The van der Waals surface area contributed by atoms with Crippen LogP contribution in [0.25, 0.3) is 0 Å². The number of aryl methyl sites for hydroxylation is 2. The van der Waals surface area contributed by atoms with Gasteiger partial charge in [0.15, 0.2) is 5.82 Å². The first-order chi connectivity index (χ1) is 10.6. The van der Waals surface area contributed by atoms with E-state index in [1.54, 1.807) is 12.1 Å². The summed E-state index contributed by atoms with van der Waals surface area (Å²) in [6.45, 7) is 3.90. The van der Waals surface area contributed by atoms with Gasteiger partial charge in [-0.3, -0.25) is 4.79 Å². The lowest BCUT2D eigenvalue weighted by atomic mass is 10.1. The largest absolute Gasteiger partial charge is 0.350 e. The predicted molar refractivity (Wildman–Crippen MR) is 79.6 cm³/mol. The number of hydrogen-bond acceptors (Lipinski definition) is 4. The molecule has 0 spiro atoms. The molecule has 1 aromatic heterocycles. The molecule has 0 aliphatic heterocycles. The molecular weight excluding hydrogens is 285 g/mol. The number of carbonyl (C=O) groups excluding carboxylic acids is 1. The van der Waals surface area contributed by atoms with Crippen LogP contribution in [0.5, 0.6) is 0 Å². The molecule has 1 aromatic carbocycles. The minimum atomic E-state index is -0.290. The topological polar surface area (TPSA) is 68.0 Å². The molecule has 1 N–H and O–H groups in total. The number of nitrogens with one attached hydrogen (secondary N) is 1. The summed E-state index contributed by atoms with van der Waals surface area (Å²) >= 11 is 0. The maximum absolute atomic E-state index is 12.9. The van der Waals surface area contributed by atoms with Crippen LogP contribution in [0, 0.1) is 5.82 Å². The lowest BCUT2D eigenvalue weighted by Gasteiger charge is -2.13. The molecular formula is C16H20FN3O2. The highest BCUT2D eigenvalue weighted by molar-refractivity contribution is 5.76. The minimum Gasteiger partial charge on any atom is -0.350 e. The quantitative estimate of drug-likeness (QED) is 0.854. The Bertz CT molecular complexity index is 610. The fourth-order valence-corrected chi connectivity index (χ4v) is 2.09. The normalized spacial score (nSPS) is 12.1. The molecule has 2 aromatic rings. The summed E-state index contributed by atoms with van der Waals surface area (Å²) in [4.78, 5) is 16.1. The van der Waals surface area contributed by atoms with E-state index in [0.717, 1.165) is 18.4 Å². The molecule has 0 saturated heterocycles. The van der Waals surface area contributed by atoms with Gasteiger partial charge in [0.2, 0.25) is 11.8 Å². The van der Waals surface area contributed by atoms with Gasteiger partial charge in [-0.1, -0.05) is 24.2 Å². The third kappa shape index (κ3) is 4.65. The first-order valence-corrected chi connectivity index (χ1v) is 7.44. The fraction of sp³-hybridized carbons (Fsp3) is 0.438. The monoisotopic (exact) mass is 305 g/mol. The zero-order valence-corrected chi connectivity index (χ0v) is 12.8. The Morgan fingerprint density at radius 3 is 2.73 bits per heavy atom. The second-order valence-corrected chi connectivity index (χ2v) is 5.20. The van der Waals surface area contributed by atoms with Crippen molar-refractivity contribution in [2.45, 2.75) is 45.6 Å². The Hall–Kier alpha value is -2.24. The van der Waals surface area contributed by atoms with Crippen molar-refractivity contribution in [3.63, 3.8) is 0 Å². The van der Waals surface area contributed by atoms with E-state index in [2.05, 4.69) is 15.5 Å². The number of rotatable bonds is 7. The highest BCUT2D eigenvalue weighted by Gasteiger charge is 2.12. The SMILES string of the molecule is CCCc1noc(CCC(=O)N[C@@H](C)c2ccc(F)cc2)n1. The van der Waals surface area contributed by atoms with E-state index < -0.39 is 0 Å². The summed E-state index contributed by atoms with van der Waals surface area (Å²) in [6.07, 6.45) is 2.42. The molecule has 0 unspecified atom stereocenters. The average molecular weight is 305 g/mol. The Morgan fingerprint density at radius 2 is 2.05 bits per heavy atom. The van der Waals surface area contributed by atoms with Crippen molar-refractivity contribution >= 4 is 5.91 Å². The van der Waals surface area contributed by atoms with E-state index in [-0.39, 0.29) is 24.2 Å². The summed E-state index contributed by atoms with van der Waals surface area (Å²) in [6, 6.07) is 5.91. The highest BCUT2D eigenvalue weighted by Crippen LogP contribution is 2.13. The fourth-order valence-electron chi connectivity index (χ4n) is 2.09. The van der Waals surface area contributed by atoms with Gasteiger partial charge in [-0.2, -0.15) is 4.98 Å². The van der Waals surface area contributed by atoms with Gasteiger partial charge in [-0.05, 0) is 31.0 Å². The van der Waals surface area contributed by atoms with Crippen molar-refractivity contribution in [3.05, 3.63) is 47.4 Å². The summed E-state index contributed by atoms with van der Waals surface area (Å²) in [5.41, 5.74) is 0.859. The van der Waals surface area contributed by atoms with Gasteiger partial charge in [-0.25, -0.2) is 4.39 Å². The van der Waals surface area contributed by atoms with Crippen molar-refractivity contribution in [1.82, 2.24) is 15.5 Å². The third-order valence-electron chi connectivity index (χ3n) is 3.30. The van der Waals surface area contributed by atoms with Crippen LogP contribution in [0.1, 0.15) is 50.0 Å². The van der Waals surface area contributed by atoms with E-state index in [9.17, 15) is 9.18 Å². The first kappa shape index (κ1) is 16.1. The van der Waals surface area contributed by atoms with Gasteiger partial charge in [0.25, 0.3) is 0 Å². The Kier molecular flexibility index (Phi) is 5.63. The van der Waals surface area contributed by atoms with Crippen molar-refractivity contribution in [3.8, 4) is 0 Å².